The maximum Gasteiger partial charge on any atom is 0.245 e. The molecular weight excluding hydrogens is 395 g/mol. The average Bonchev–Trinajstić information content (AvgIpc) is 3.38. The van der Waals surface area contributed by atoms with Crippen molar-refractivity contribution in [3.05, 3.63) is 36.8 Å². The Kier molecular flexibility index (Phi) is 4.50. The van der Waals surface area contributed by atoms with Crippen molar-refractivity contribution in [2.24, 2.45) is 10.8 Å². The first kappa shape index (κ1) is 19.9. The van der Waals surface area contributed by atoms with Gasteiger partial charge in [-0.15, -0.1) is 10.2 Å². The number of phenolic OH excluding ortho intramolecular Hbond substituents is 1. The number of anilines is 1. The molecule has 0 amide bonds. The van der Waals surface area contributed by atoms with Crippen molar-refractivity contribution in [1.29, 1.82) is 0 Å². The first-order valence-corrected chi connectivity index (χ1v) is 10.7. The molecule has 0 aliphatic heterocycles. The standard InChI is InChI=1S/C23H27FN6O/c1-22-6-7-23(2,13-22)20(24)18(9-22)30(3)21-25-12-17(28-29-21)16-5-4-14(8-19(16)31)15-10-26-27-11-15/h4-5,8,10-12,18,20,31H,6-7,9,13H2,1-3H3,(H,26,27)/t18-,20-,22-,23-/m1/s1. The van der Waals surface area contributed by atoms with E-state index in [2.05, 4.69) is 39.2 Å². The minimum Gasteiger partial charge on any atom is -0.507 e. The molecule has 0 unspecified atom stereocenters. The molecule has 2 N–H and O–H groups in total. The highest BCUT2D eigenvalue weighted by Crippen LogP contribution is 2.59. The Labute approximate surface area is 180 Å². The fourth-order valence-electron chi connectivity index (χ4n) is 5.59. The van der Waals surface area contributed by atoms with Crippen LogP contribution in [0.5, 0.6) is 5.75 Å². The summed E-state index contributed by atoms with van der Waals surface area (Å²) in [5, 5.41) is 25.7. The number of nitrogens with one attached hydrogen (secondary N) is 1. The number of benzene rings is 1. The predicted octanol–water partition coefficient (Wildman–Crippen LogP) is 4.38. The molecule has 31 heavy (non-hydrogen) atoms. The van der Waals surface area contributed by atoms with E-state index in [1.165, 1.54) is 0 Å². The molecule has 5 rings (SSSR count). The largest absolute Gasteiger partial charge is 0.507 e. The summed E-state index contributed by atoms with van der Waals surface area (Å²) in [5.41, 5.74) is 2.63. The molecule has 0 radical (unpaired) electrons. The van der Waals surface area contributed by atoms with E-state index in [0.717, 1.165) is 36.8 Å². The van der Waals surface area contributed by atoms with Crippen LogP contribution in [0.3, 0.4) is 0 Å². The Balaban J connectivity index is 1.38. The summed E-state index contributed by atoms with van der Waals surface area (Å²) < 4.78 is 15.4. The van der Waals surface area contributed by atoms with Crippen molar-refractivity contribution in [2.75, 3.05) is 11.9 Å². The van der Waals surface area contributed by atoms with Gasteiger partial charge < -0.3 is 10.0 Å². The van der Waals surface area contributed by atoms with E-state index in [1.54, 1.807) is 30.7 Å². The zero-order valence-corrected chi connectivity index (χ0v) is 18.0. The molecule has 7 nitrogen and oxygen atoms in total. The van der Waals surface area contributed by atoms with Crippen LogP contribution in [0.25, 0.3) is 22.4 Å². The molecule has 162 valence electrons. The van der Waals surface area contributed by atoms with Gasteiger partial charge in [-0.05, 0) is 48.8 Å². The molecule has 0 saturated heterocycles. The maximum atomic E-state index is 15.4. The van der Waals surface area contributed by atoms with Crippen molar-refractivity contribution < 1.29 is 9.50 Å². The van der Waals surface area contributed by atoms with Crippen molar-refractivity contribution in [1.82, 2.24) is 25.4 Å². The van der Waals surface area contributed by atoms with Gasteiger partial charge in [0.1, 0.15) is 17.6 Å². The molecule has 2 bridgehead atoms. The summed E-state index contributed by atoms with van der Waals surface area (Å²) in [4.78, 5) is 6.29. The van der Waals surface area contributed by atoms with Crippen LogP contribution in [0.4, 0.5) is 10.3 Å². The third-order valence-electron chi connectivity index (χ3n) is 7.30. The lowest BCUT2D eigenvalue weighted by atomic mass is 9.67. The SMILES string of the molecule is CN(c1ncc(-c2ccc(-c3cn[nH]c3)cc2O)nn1)[C@@H]1C[C@@]2(C)CC[C@](C)(C2)[C@@H]1F. The van der Waals surface area contributed by atoms with Crippen LogP contribution in [0.2, 0.25) is 0 Å². The van der Waals surface area contributed by atoms with Crippen LogP contribution in [0.1, 0.15) is 39.5 Å². The average molecular weight is 423 g/mol. The molecule has 2 heterocycles. The first-order chi connectivity index (χ1) is 14.8. The van der Waals surface area contributed by atoms with Crippen molar-refractivity contribution in [3.63, 3.8) is 0 Å². The Morgan fingerprint density at radius 2 is 2.00 bits per heavy atom. The number of hydrogen-bond acceptors (Lipinski definition) is 6. The lowest BCUT2D eigenvalue weighted by molar-refractivity contribution is 0.0378. The molecule has 2 aromatic heterocycles. The van der Waals surface area contributed by atoms with Gasteiger partial charge in [-0.2, -0.15) is 5.10 Å². The van der Waals surface area contributed by atoms with Gasteiger partial charge in [-0.25, -0.2) is 9.37 Å². The van der Waals surface area contributed by atoms with E-state index in [1.807, 2.05) is 18.0 Å². The van der Waals surface area contributed by atoms with Crippen molar-refractivity contribution in [3.8, 4) is 28.1 Å². The number of nitrogens with zero attached hydrogens (tertiary/aromatic N) is 5. The lowest BCUT2D eigenvalue weighted by Gasteiger charge is -2.46. The molecule has 1 aromatic carbocycles. The number of aromatic nitrogens is 5. The van der Waals surface area contributed by atoms with Gasteiger partial charge in [0.15, 0.2) is 0 Å². The van der Waals surface area contributed by atoms with E-state index in [4.69, 9.17) is 0 Å². The molecule has 2 aliphatic rings. The van der Waals surface area contributed by atoms with Gasteiger partial charge >= 0.3 is 0 Å². The number of halogens is 1. The van der Waals surface area contributed by atoms with Crippen LogP contribution in [-0.2, 0) is 0 Å². The quantitative estimate of drug-likeness (QED) is 0.649. The smallest absolute Gasteiger partial charge is 0.245 e. The maximum absolute atomic E-state index is 15.4. The number of phenols is 1. The zero-order chi connectivity index (χ0) is 21.8. The van der Waals surface area contributed by atoms with Crippen molar-refractivity contribution >= 4 is 5.95 Å². The topological polar surface area (TPSA) is 90.8 Å². The fraction of sp³-hybridized carbons (Fsp3) is 0.478. The number of aromatic hydroxyl groups is 1. The Bertz CT molecular complexity index is 1090. The number of rotatable bonds is 4. The molecule has 0 spiro atoms. The molecule has 8 heteroatoms. The third kappa shape index (κ3) is 3.34. The molecule has 2 aliphatic carbocycles. The second-order valence-electron chi connectivity index (χ2n) is 9.79. The number of H-pyrrole nitrogens is 1. The fourth-order valence-corrected chi connectivity index (χ4v) is 5.59. The van der Waals surface area contributed by atoms with Gasteiger partial charge in [0.25, 0.3) is 0 Å². The minimum atomic E-state index is -0.920. The Hall–Kier alpha value is -3.03. The highest BCUT2D eigenvalue weighted by Gasteiger charge is 2.56. The highest BCUT2D eigenvalue weighted by atomic mass is 19.1. The lowest BCUT2D eigenvalue weighted by Crippen LogP contribution is -2.52. The Morgan fingerprint density at radius 3 is 2.68 bits per heavy atom. The van der Waals surface area contributed by atoms with E-state index in [-0.39, 0.29) is 22.6 Å². The van der Waals surface area contributed by atoms with Crippen molar-refractivity contribution in [2.45, 2.75) is 51.7 Å². The van der Waals surface area contributed by atoms with Gasteiger partial charge in [-0.3, -0.25) is 5.10 Å². The van der Waals surface area contributed by atoms with Crippen LogP contribution in [-0.4, -0.2) is 49.7 Å². The summed E-state index contributed by atoms with van der Waals surface area (Å²) >= 11 is 0. The monoisotopic (exact) mass is 422 g/mol. The van der Waals surface area contributed by atoms with Gasteiger partial charge in [-0.1, -0.05) is 19.9 Å². The molecule has 2 fully saturated rings. The van der Waals surface area contributed by atoms with E-state index in [9.17, 15) is 5.11 Å². The number of fused-ring (bicyclic) bond motifs is 2. The first-order valence-electron chi connectivity index (χ1n) is 10.7. The van der Waals surface area contributed by atoms with E-state index in [0.29, 0.717) is 17.2 Å². The molecule has 2 saturated carbocycles. The summed E-state index contributed by atoms with van der Waals surface area (Å²) in [7, 11) is 1.85. The summed E-state index contributed by atoms with van der Waals surface area (Å²) in [6.45, 7) is 4.34. The Morgan fingerprint density at radius 1 is 1.16 bits per heavy atom. The van der Waals surface area contributed by atoms with Crippen LogP contribution in [0, 0.1) is 10.8 Å². The van der Waals surface area contributed by atoms with E-state index < -0.39 is 6.17 Å². The van der Waals surface area contributed by atoms with Gasteiger partial charge in [0.05, 0.1) is 18.4 Å². The molecular formula is C23H27FN6O. The predicted molar refractivity (Wildman–Crippen MR) is 116 cm³/mol. The third-order valence-corrected chi connectivity index (χ3v) is 7.30. The van der Waals surface area contributed by atoms with Crippen LogP contribution in [0.15, 0.2) is 36.8 Å². The molecule has 4 atom stereocenters. The second-order valence-corrected chi connectivity index (χ2v) is 9.79. The van der Waals surface area contributed by atoms with Gasteiger partial charge in [0, 0.05) is 29.8 Å². The number of aromatic amines is 1. The molecule has 3 aromatic rings. The normalized spacial score (nSPS) is 29.8. The number of hydrogen-bond donors (Lipinski definition) is 2. The summed E-state index contributed by atoms with van der Waals surface area (Å²) in [6, 6.07) is 5.07. The minimum absolute atomic E-state index is 0.0874. The highest BCUT2D eigenvalue weighted by molar-refractivity contribution is 5.73. The number of alkyl halides is 1. The van der Waals surface area contributed by atoms with Crippen LogP contribution < -0.4 is 4.90 Å². The van der Waals surface area contributed by atoms with Crippen LogP contribution >= 0.6 is 0 Å². The van der Waals surface area contributed by atoms with E-state index >= 15 is 4.39 Å². The summed E-state index contributed by atoms with van der Waals surface area (Å²) in [5.74, 6) is 0.490. The second kappa shape index (κ2) is 7.00. The zero-order valence-electron chi connectivity index (χ0n) is 18.0. The summed E-state index contributed by atoms with van der Waals surface area (Å²) in [6.07, 6.45) is 7.85. The van der Waals surface area contributed by atoms with Gasteiger partial charge in [0.2, 0.25) is 5.95 Å².